The van der Waals surface area contributed by atoms with Gasteiger partial charge in [0.15, 0.2) is 0 Å². The summed E-state index contributed by atoms with van der Waals surface area (Å²) in [6.45, 7) is 3.44. The molecule has 1 unspecified atom stereocenters. The predicted octanol–water partition coefficient (Wildman–Crippen LogP) is 4.05. The van der Waals surface area contributed by atoms with Crippen LogP contribution < -0.4 is 0 Å². The molecule has 0 fully saturated rings. The Morgan fingerprint density at radius 2 is 2.09 bits per heavy atom. The molecule has 1 N–H and O–H groups in total. The van der Waals surface area contributed by atoms with E-state index in [-0.39, 0.29) is 17.7 Å². The van der Waals surface area contributed by atoms with Gasteiger partial charge in [-0.05, 0) is 36.8 Å². The molecular formula is C18H17ClN2O2. The van der Waals surface area contributed by atoms with E-state index >= 15 is 0 Å². The summed E-state index contributed by atoms with van der Waals surface area (Å²) in [6, 6.07) is 12.6. The van der Waals surface area contributed by atoms with E-state index < -0.39 is 0 Å². The van der Waals surface area contributed by atoms with Crippen molar-refractivity contribution in [2.75, 3.05) is 0 Å². The lowest BCUT2D eigenvalue weighted by Crippen LogP contribution is -2.24. The second-order valence-electron chi connectivity index (χ2n) is 5.71. The van der Waals surface area contributed by atoms with Crippen LogP contribution in [-0.2, 0) is 4.79 Å². The second-order valence-corrected chi connectivity index (χ2v) is 6.14. The van der Waals surface area contributed by atoms with Gasteiger partial charge in [0.1, 0.15) is 5.75 Å². The van der Waals surface area contributed by atoms with Crippen molar-refractivity contribution in [3.63, 3.8) is 0 Å². The van der Waals surface area contributed by atoms with Crippen molar-refractivity contribution in [1.29, 1.82) is 0 Å². The minimum Gasteiger partial charge on any atom is -0.507 e. The summed E-state index contributed by atoms with van der Waals surface area (Å²) in [7, 11) is 0. The summed E-state index contributed by atoms with van der Waals surface area (Å²) in [5.41, 5.74) is 3.33. The SMILES string of the molecule is CC(=O)N1N=C(c2cc(C)ccc2O)CC1c1cccc(Cl)c1. The molecule has 0 saturated heterocycles. The summed E-state index contributed by atoms with van der Waals surface area (Å²) in [6.07, 6.45) is 0.539. The van der Waals surface area contributed by atoms with Crippen LogP contribution in [0.2, 0.25) is 5.02 Å². The van der Waals surface area contributed by atoms with Gasteiger partial charge in [-0.25, -0.2) is 5.01 Å². The number of aromatic hydroxyl groups is 1. The van der Waals surface area contributed by atoms with Crippen LogP contribution in [0.4, 0.5) is 0 Å². The monoisotopic (exact) mass is 328 g/mol. The van der Waals surface area contributed by atoms with E-state index in [1.807, 2.05) is 37.3 Å². The van der Waals surface area contributed by atoms with Crippen molar-refractivity contribution >= 4 is 23.2 Å². The van der Waals surface area contributed by atoms with Gasteiger partial charge < -0.3 is 5.11 Å². The maximum Gasteiger partial charge on any atom is 0.240 e. The molecule has 0 radical (unpaired) electrons. The van der Waals surface area contributed by atoms with Crippen molar-refractivity contribution in [1.82, 2.24) is 5.01 Å². The molecule has 118 valence electrons. The normalized spacial score (nSPS) is 17.3. The molecule has 3 rings (SSSR count). The molecule has 0 saturated carbocycles. The van der Waals surface area contributed by atoms with E-state index in [9.17, 15) is 9.90 Å². The highest BCUT2D eigenvalue weighted by Crippen LogP contribution is 2.35. The fourth-order valence-electron chi connectivity index (χ4n) is 2.82. The third-order valence-electron chi connectivity index (χ3n) is 3.93. The number of aryl methyl sites for hydroxylation is 1. The number of rotatable bonds is 2. The van der Waals surface area contributed by atoms with Gasteiger partial charge in [-0.2, -0.15) is 5.10 Å². The van der Waals surface area contributed by atoms with Gasteiger partial charge in [-0.1, -0.05) is 35.4 Å². The molecule has 4 nitrogen and oxygen atoms in total. The van der Waals surface area contributed by atoms with Crippen LogP contribution in [0, 0.1) is 6.92 Å². The van der Waals surface area contributed by atoms with E-state index in [2.05, 4.69) is 5.10 Å². The third-order valence-corrected chi connectivity index (χ3v) is 4.16. The van der Waals surface area contributed by atoms with Gasteiger partial charge >= 0.3 is 0 Å². The smallest absolute Gasteiger partial charge is 0.240 e. The topological polar surface area (TPSA) is 52.9 Å². The summed E-state index contributed by atoms with van der Waals surface area (Å²) in [4.78, 5) is 12.0. The van der Waals surface area contributed by atoms with Gasteiger partial charge in [0.2, 0.25) is 5.91 Å². The summed E-state index contributed by atoms with van der Waals surface area (Å²) >= 11 is 6.07. The Labute approximate surface area is 140 Å². The average Bonchev–Trinajstić information content (AvgIpc) is 2.95. The Kier molecular flexibility index (Phi) is 4.09. The molecule has 2 aromatic rings. The van der Waals surface area contributed by atoms with Crippen LogP contribution in [-0.4, -0.2) is 21.7 Å². The zero-order chi connectivity index (χ0) is 16.6. The fraction of sp³-hybridized carbons (Fsp3) is 0.222. The van der Waals surface area contributed by atoms with E-state index in [0.29, 0.717) is 22.7 Å². The largest absolute Gasteiger partial charge is 0.507 e. The van der Waals surface area contributed by atoms with Gasteiger partial charge in [0.25, 0.3) is 0 Å². The zero-order valence-electron chi connectivity index (χ0n) is 13.0. The molecule has 0 spiro atoms. The van der Waals surface area contributed by atoms with E-state index in [1.54, 1.807) is 12.1 Å². The number of hydrogen-bond acceptors (Lipinski definition) is 3. The first kappa shape index (κ1) is 15.6. The Morgan fingerprint density at radius 1 is 1.30 bits per heavy atom. The highest BCUT2D eigenvalue weighted by Gasteiger charge is 2.32. The summed E-state index contributed by atoms with van der Waals surface area (Å²) in [5.74, 6) is 0.0294. The molecule has 2 aromatic carbocycles. The van der Waals surface area contributed by atoms with Crippen LogP contribution in [0.15, 0.2) is 47.6 Å². The van der Waals surface area contributed by atoms with Crippen LogP contribution in [0.25, 0.3) is 0 Å². The standard InChI is InChI=1S/C18H17ClN2O2/c1-11-6-7-18(23)15(8-11)16-10-17(21(20-16)12(2)22)13-4-3-5-14(19)9-13/h3-9,17,23H,10H2,1-2H3. The number of carbonyl (C=O) groups excluding carboxylic acids is 1. The summed E-state index contributed by atoms with van der Waals surface area (Å²) < 4.78 is 0. The highest BCUT2D eigenvalue weighted by molar-refractivity contribution is 6.30. The van der Waals surface area contributed by atoms with Gasteiger partial charge in [0, 0.05) is 23.9 Å². The molecule has 5 heteroatoms. The maximum atomic E-state index is 12.0. The van der Waals surface area contributed by atoms with Gasteiger partial charge in [0.05, 0.1) is 11.8 Å². The van der Waals surface area contributed by atoms with Crippen molar-refractivity contribution in [2.24, 2.45) is 5.10 Å². The molecule has 23 heavy (non-hydrogen) atoms. The van der Waals surface area contributed by atoms with E-state index in [0.717, 1.165) is 11.1 Å². The van der Waals surface area contributed by atoms with Crippen molar-refractivity contribution in [3.05, 3.63) is 64.2 Å². The molecular weight excluding hydrogens is 312 g/mol. The quantitative estimate of drug-likeness (QED) is 0.904. The number of amides is 1. The molecule has 1 heterocycles. The average molecular weight is 329 g/mol. The predicted molar refractivity (Wildman–Crippen MR) is 90.7 cm³/mol. The van der Waals surface area contributed by atoms with Crippen molar-refractivity contribution in [3.8, 4) is 5.75 Å². The molecule has 1 atom stereocenters. The van der Waals surface area contributed by atoms with Gasteiger partial charge in [-0.3, -0.25) is 4.79 Å². The van der Waals surface area contributed by atoms with Crippen LogP contribution >= 0.6 is 11.6 Å². The lowest BCUT2D eigenvalue weighted by atomic mass is 9.97. The lowest BCUT2D eigenvalue weighted by Gasteiger charge is -2.20. The molecule has 0 bridgehead atoms. The third kappa shape index (κ3) is 3.08. The van der Waals surface area contributed by atoms with Gasteiger partial charge in [-0.15, -0.1) is 0 Å². The Morgan fingerprint density at radius 3 is 2.78 bits per heavy atom. The first-order valence-corrected chi connectivity index (χ1v) is 7.76. The second kappa shape index (κ2) is 6.05. The Balaban J connectivity index is 2.00. The van der Waals surface area contributed by atoms with Crippen LogP contribution in [0.5, 0.6) is 5.75 Å². The van der Waals surface area contributed by atoms with Crippen molar-refractivity contribution < 1.29 is 9.90 Å². The molecule has 1 aliphatic heterocycles. The molecule has 1 aliphatic rings. The van der Waals surface area contributed by atoms with Crippen LogP contribution in [0.3, 0.4) is 0 Å². The number of hydrogen-bond donors (Lipinski definition) is 1. The molecule has 0 aromatic heterocycles. The maximum absolute atomic E-state index is 12.0. The van der Waals surface area contributed by atoms with E-state index in [1.165, 1.54) is 11.9 Å². The van der Waals surface area contributed by atoms with Crippen molar-refractivity contribution in [2.45, 2.75) is 26.3 Å². The van der Waals surface area contributed by atoms with Crippen LogP contribution in [0.1, 0.15) is 36.1 Å². The Hall–Kier alpha value is -2.33. The first-order chi connectivity index (χ1) is 11.0. The number of phenols is 1. The fourth-order valence-corrected chi connectivity index (χ4v) is 3.02. The van der Waals surface area contributed by atoms with E-state index in [4.69, 9.17) is 11.6 Å². The first-order valence-electron chi connectivity index (χ1n) is 7.38. The molecule has 1 amide bonds. The number of benzene rings is 2. The lowest BCUT2D eigenvalue weighted by molar-refractivity contribution is -0.130. The minimum absolute atomic E-state index is 0.142. The minimum atomic E-state index is -0.207. The zero-order valence-corrected chi connectivity index (χ0v) is 13.7. The Bertz CT molecular complexity index is 801. The highest BCUT2D eigenvalue weighted by atomic mass is 35.5. The number of halogens is 1. The molecule has 0 aliphatic carbocycles. The number of nitrogens with zero attached hydrogens (tertiary/aromatic N) is 2. The number of hydrazone groups is 1. The summed E-state index contributed by atoms with van der Waals surface area (Å²) in [5, 5.41) is 16.6. The number of carbonyl (C=O) groups is 1. The number of phenolic OH excluding ortho intramolecular Hbond substituents is 1.